The lowest BCUT2D eigenvalue weighted by Gasteiger charge is -2.24. The SMILES string of the molecule is CC.O=CO.[B]C(O)(O)C#CC(=O)N(c1ccc2c(n1)c(OC1CCCC1)nn2C)c1cc(C)c(C)cc1C1CC1. The maximum Gasteiger partial charge on any atom is 0.308 e. The van der Waals surface area contributed by atoms with E-state index in [0.29, 0.717) is 28.8 Å². The molecule has 2 heterocycles. The number of fused-ring (bicyclic) bond motifs is 1. The van der Waals surface area contributed by atoms with E-state index in [-0.39, 0.29) is 12.6 Å². The molecule has 2 fully saturated rings. The van der Waals surface area contributed by atoms with Gasteiger partial charge in [-0.15, -0.1) is 5.10 Å². The van der Waals surface area contributed by atoms with Gasteiger partial charge in [-0.25, -0.2) is 4.98 Å². The summed E-state index contributed by atoms with van der Waals surface area (Å²) < 4.78 is 7.92. The molecular formula is C30H37BN4O6. The number of carbonyl (C=O) groups excluding carboxylic acids is 1. The second kappa shape index (κ2) is 13.7. The van der Waals surface area contributed by atoms with Crippen LogP contribution in [0.25, 0.3) is 11.0 Å². The van der Waals surface area contributed by atoms with Crippen LogP contribution in [0.4, 0.5) is 11.5 Å². The van der Waals surface area contributed by atoms with Crippen LogP contribution in [-0.4, -0.2) is 62.1 Å². The van der Waals surface area contributed by atoms with Gasteiger partial charge in [-0.3, -0.25) is 19.2 Å². The highest BCUT2D eigenvalue weighted by molar-refractivity contribution is 6.17. The first-order valence-electron chi connectivity index (χ1n) is 13.8. The minimum atomic E-state index is -2.78. The Bertz CT molecular complexity index is 1440. The van der Waals surface area contributed by atoms with Crippen LogP contribution in [0, 0.1) is 25.7 Å². The molecule has 3 N–H and O–H groups in total. The topological polar surface area (TPSA) is 138 Å². The van der Waals surface area contributed by atoms with Gasteiger partial charge in [-0.05, 0) is 99.1 Å². The summed E-state index contributed by atoms with van der Waals surface area (Å²) in [5, 5.41) is 30.4. The quantitative estimate of drug-likeness (QED) is 0.184. The Kier molecular flexibility index (Phi) is 10.5. The molecular weight excluding hydrogens is 523 g/mol. The van der Waals surface area contributed by atoms with Crippen molar-refractivity contribution in [3.63, 3.8) is 0 Å². The number of anilines is 2. The Labute approximate surface area is 241 Å². The summed E-state index contributed by atoms with van der Waals surface area (Å²) in [6.45, 7) is 7.78. The fourth-order valence-electron chi connectivity index (χ4n) is 4.74. The molecule has 216 valence electrons. The molecule has 0 spiro atoms. The molecule has 3 aromatic rings. The van der Waals surface area contributed by atoms with E-state index in [0.717, 1.165) is 60.7 Å². The van der Waals surface area contributed by atoms with Crippen LogP contribution in [0.1, 0.15) is 75.0 Å². The van der Waals surface area contributed by atoms with E-state index in [2.05, 4.69) is 17.1 Å². The minimum absolute atomic E-state index is 0.102. The summed E-state index contributed by atoms with van der Waals surface area (Å²) in [6, 6.07) is 7.66. The molecule has 2 aromatic heterocycles. The van der Waals surface area contributed by atoms with Gasteiger partial charge in [0.1, 0.15) is 11.9 Å². The molecule has 0 aliphatic heterocycles. The third-order valence-corrected chi connectivity index (χ3v) is 6.92. The summed E-state index contributed by atoms with van der Waals surface area (Å²) in [5.74, 6) is 4.75. The van der Waals surface area contributed by atoms with Crippen molar-refractivity contribution < 1.29 is 29.6 Å². The van der Waals surface area contributed by atoms with Gasteiger partial charge in [-0.2, -0.15) is 0 Å². The molecule has 2 saturated carbocycles. The lowest BCUT2D eigenvalue weighted by molar-refractivity contribution is -0.122. The maximum atomic E-state index is 13.5. The number of benzene rings is 1. The zero-order chi connectivity index (χ0) is 30.3. The normalized spacial score (nSPS) is 14.6. The molecule has 1 amide bonds. The van der Waals surface area contributed by atoms with Crippen LogP contribution in [-0.2, 0) is 16.6 Å². The van der Waals surface area contributed by atoms with E-state index in [1.807, 2.05) is 52.8 Å². The van der Waals surface area contributed by atoms with Crippen molar-refractivity contribution in [3.05, 3.63) is 41.0 Å². The van der Waals surface area contributed by atoms with Gasteiger partial charge in [0.05, 0.1) is 11.2 Å². The average Bonchev–Trinajstić information content (AvgIpc) is 3.56. The molecule has 2 aliphatic rings. The van der Waals surface area contributed by atoms with Crippen molar-refractivity contribution in [1.82, 2.24) is 14.8 Å². The molecule has 2 radical (unpaired) electrons. The highest BCUT2D eigenvalue weighted by atomic mass is 16.5. The molecule has 2 aliphatic carbocycles. The van der Waals surface area contributed by atoms with E-state index in [4.69, 9.17) is 27.5 Å². The predicted octanol–water partition coefficient (Wildman–Crippen LogP) is 3.99. The number of aryl methyl sites for hydroxylation is 3. The molecule has 10 nitrogen and oxygen atoms in total. The lowest BCUT2D eigenvalue weighted by Crippen LogP contribution is -2.29. The first-order chi connectivity index (χ1) is 19.5. The van der Waals surface area contributed by atoms with Crippen molar-refractivity contribution in [2.24, 2.45) is 7.05 Å². The second-order valence-electron chi connectivity index (χ2n) is 9.98. The Balaban J connectivity index is 0.000000868. The number of aromatic nitrogens is 3. The third kappa shape index (κ3) is 7.87. The monoisotopic (exact) mass is 560 g/mol. The molecule has 0 atom stereocenters. The second-order valence-corrected chi connectivity index (χ2v) is 9.98. The minimum Gasteiger partial charge on any atom is -0.483 e. The molecule has 41 heavy (non-hydrogen) atoms. The third-order valence-electron chi connectivity index (χ3n) is 6.92. The Hall–Kier alpha value is -3.88. The Morgan fingerprint density at radius 1 is 1.15 bits per heavy atom. The fourth-order valence-corrected chi connectivity index (χ4v) is 4.74. The Morgan fingerprint density at radius 3 is 2.34 bits per heavy atom. The first-order valence-corrected chi connectivity index (χ1v) is 13.8. The summed E-state index contributed by atoms with van der Waals surface area (Å²) in [6.07, 6.45) is 6.40. The van der Waals surface area contributed by atoms with Crippen LogP contribution in [0.5, 0.6) is 5.88 Å². The van der Waals surface area contributed by atoms with Gasteiger partial charge in [0, 0.05) is 13.0 Å². The van der Waals surface area contributed by atoms with E-state index < -0.39 is 11.6 Å². The number of carbonyl (C=O) groups is 2. The smallest absolute Gasteiger partial charge is 0.308 e. The number of aliphatic hydroxyl groups is 2. The largest absolute Gasteiger partial charge is 0.483 e. The average molecular weight is 560 g/mol. The number of rotatable bonds is 5. The Morgan fingerprint density at radius 2 is 1.76 bits per heavy atom. The van der Waals surface area contributed by atoms with Gasteiger partial charge < -0.3 is 20.1 Å². The van der Waals surface area contributed by atoms with Crippen molar-refractivity contribution in [2.75, 3.05) is 4.90 Å². The number of nitrogens with zero attached hydrogens (tertiary/aromatic N) is 4. The van der Waals surface area contributed by atoms with Crippen LogP contribution in [0.15, 0.2) is 24.3 Å². The van der Waals surface area contributed by atoms with E-state index in [9.17, 15) is 15.0 Å². The van der Waals surface area contributed by atoms with Gasteiger partial charge in [0.25, 0.3) is 12.4 Å². The van der Waals surface area contributed by atoms with Crippen molar-refractivity contribution >= 4 is 42.8 Å². The highest BCUT2D eigenvalue weighted by Gasteiger charge is 2.32. The van der Waals surface area contributed by atoms with Crippen LogP contribution < -0.4 is 9.64 Å². The van der Waals surface area contributed by atoms with Gasteiger partial charge in [0.2, 0.25) is 0 Å². The zero-order valence-corrected chi connectivity index (χ0v) is 24.2. The van der Waals surface area contributed by atoms with E-state index >= 15 is 0 Å². The first kappa shape index (κ1) is 31.6. The molecule has 1 aromatic carbocycles. The van der Waals surface area contributed by atoms with Crippen LogP contribution >= 0.6 is 0 Å². The van der Waals surface area contributed by atoms with Crippen molar-refractivity contribution in [3.8, 4) is 17.7 Å². The van der Waals surface area contributed by atoms with Gasteiger partial charge >= 0.3 is 5.91 Å². The number of carboxylic acid groups (broad SMARTS) is 1. The summed E-state index contributed by atoms with van der Waals surface area (Å²) >= 11 is 0. The number of pyridine rings is 1. The molecule has 11 heteroatoms. The summed E-state index contributed by atoms with van der Waals surface area (Å²) in [7, 11) is 7.02. The van der Waals surface area contributed by atoms with E-state index in [1.54, 1.807) is 10.7 Å². The number of ether oxygens (including phenoxy) is 1. The molecule has 5 rings (SSSR count). The van der Waals surface area contributed by atoms with Gasteiger partial charge in [-0.1, -0.05) is 19.9 Å². The maximum absolute atomic E-state index is 13.5. The molecule has 0 unspecified atom stereocenters. The fraction of sp³-hybridized carbons (Fsp3) is 0.467. The summed E-state index contributed by atoms with van der Waals surface area (Å²) in [4.78, 5) is 28.1. The number of hydrogen-bond acceptors (Lipinski definition) is 7. The standard InChI is InChI=1S/C27H29BN4O4.C2H6.CH2O2/c1-16-14-20(18-8-9-18)22(15-17(16)2)32(24(33)12-13-27(28,34)35)23-11-10-21-25(29-23)26(30-31(21)3)36-19-6-4-5-7-19;1-2;2-1-3/h10-11,14-15,18-19,34-35H,4-9H2,1-3H3;1-2H3;1H,(H,2,3). The molecule has 0 saturated heterocycles. The van der Waals surface area contributed by atoms with Crippen molar-refractivity contribution in [1.29, 1.82) is 0 Å². The number of hydrogen-bond donors (Lipinski definition) is 3. The van der Waals surface area contributed by atoms with Crippen LogP contribution in [0.2, 0.25) is 0 Å². The van der Waals surface area contributed by atoms with E-state index in [1.165, 1.54) is 4.90 Å². The highest BCUT2D eigenvalue weighted by Crippen LogP contribution is 2.46. The van der Waals surface area contributed by atoms with Crippen molar-refractivity contribution in [2.45, 2.75) is 83.9 Å². The van der Waals surface area contributed by atoms with Gasteiger partial charge in [0.15, 0.2) is 19.0 Å². The van der Waals surface area contributed by atoms with Crippen LogP contribution in [0.3, 0.4) is 0 Å². The lowest BCUT2D eigenvalue weighted by atomic mass is 9.96. The zero-order valence-electron chi connectivity index (χ0n) is 24.2. The predicted molar refractivity (Wildman–Crippen MR) is 157 cm³/mol. The number of amides is 1. The molecule has 0 bridgehead atoms. The summed E-state index contributed by atoms with van der Waals surface area (Å²) in [5.41, 5.74) is 2.41.